The Balaban J connectivity index is 1.90. The summed E-state index contributed by atoms with van der Waals surface area (Å²) in [7, 11) is 0. The zero-order chi connectivity index (χ0) is 10.2. The molecule has 0 aliphatic heterocycles. The molecule has 2 N–H and O–H groups in total. The smallest absolute Gasteiger partial charge is 0.0512 e. The second kappa shape index (κ2) is 6.98. The predicted octanol–water partition coefficient (Wildman–Crippen LogP) is 2.04. The largest absolute Gasteiger partial charge is 0.393 e. The van der Waals surface area contributed by atoms with Gasteiger partial charge in [0, 0.05) is 0 Å². The Morgan fingerprint density at radius 2 is 2.36 bits per heavy atom. The second-order valence-electron chi connectivity index (χ2n) is 3.62. The summed E-state index contributed by atoms with van der Waals surface area (Å²) in [4.78, 5) is 0. The number of thiophene rings is 1. The first-order valence-electron chi connectivity index (χ1n) is 5.19. The average Bonchev–Trinajstić information content (AvgIpc) is 2.63. The van der Waals surface area contributed by atoms with Crippen molar-refractivity contribution in [3.63, 3.8) is 0 Å². The summed E-state index contributed by atoms with van der Waals surface area (Å²) in [5, 5.41) is 16.7. The van der Waals surface area contributed by atoms with E-state index in [1.807, 2.05) is 6.92 Å². The molecule has 0 radical (unpaired) electrons. The molecule has 0 amide bonds. The monoisotopic (exact) mass is 213 g/mol. The van der Waals surface area contributed by atoms with Gasteiger partial charge in [0.05, 0.1) is 6.10 Å². The SMILES string of the molecule is CC(O)CCCNCCc1ccsc1. The molecule has 0 fully saturated rings. The fourth-order valence-electron chi connectivity index (χ4n) is 1.32. The van der Waals surface area contributed by atoms with Crippen LogP contribution in [0.3, 0.4) is 0 Å². The van der Waals surface area contributed by atoms with E-state index >= 15 is 0 Å². The van der Waals surface area contributed by atoms with E-state index in [0.29, 0.717) is 0 Å². The lowest BCUT2D eigenvalue weighted by Crippen LogP contribution is -2.19. The van der Waals surface area contributed by atoms with Crippen LogP contribution in [0.2, 0.25) is 0 Å². The van der Waals surface area contributed by atoms with Crippen molar-refractivity contribution in [1.29, 1.82) is 0 Å². The van der Waals surface area contributed by atoms with Gasteiger partial charge in [0.25, 0.3) is 0 Å². The van der Waals surface area contributed by atoms with Crippen LogP contribution >= 0.6 is 11.3 Å². The molecule has 0 bridgehead atoms. The predicted molar refractivity (Wildman–Crippen MR) is 61.8 cm³/mol. The summed E-state index contributed by atoms with van der Waals surface area (Å²) in [6.07, 6.45) is 2.90. The molecule has 1 atom stereocenters. The van der Waals surface area contributed by atoms with Gasteiger partial charge in [-0.15, -0.1) is 0 Å². The lowest BCUT2D eigenvalue weighted by molar-refractivity contribution is 0.181. The number of aliphatic hydroxyl groups is 1. The minimum absolute atomic E-state index is 0.159. The number of hydrogen-bond donors (Lipinski definition) is 2. The molecule has 1 rings (SSSR count). The molecule has 1 aromatic rings. The fraction of sp³-hybridized carbons (Fsp3) is 0.636. The van der Waals surface area contributed by atoms with Crippen molar-refractivity contribution in [3.05, 3.63) is 22.4 Å². The van der Waals surface area contributed by atoms with Crippen molar-refractivity contribution < 1.29 is 5.11 Å². The molecule has 2 nitrogen and oxygen atoms in total. The summed E-state index contributed by atoms with van der Waals surface area (Å²) in [5.41, 5.74) is 1.41. The van der Waals surface area contributed by atoms with Gasteiger partial charge in [-0.1, -0.05) is 0 Å². The van der Waals surface area contributed by atoms with Crippen LogP contribution in [0.15, 0.2) is 16.8 Å². The van der Waals surface area contributed by atoms with Crippen molar-refractivity contribution >= 4 is 11.3 Å². The van der Waals surface area contributed by atoms with Crippen LogP contribution < -0.4 is 5.32 Å². The summed E-state index contributed by atoms with van der Waals surface area (Å²) >= 11 is 1.75. The zero-order valence-electron chi connectivity index (χ0n) is 8.70. The Labute approximate surface area is 90.0 Å². The normalized spacial score (nSPS) is 13.0. The molecule has 0 aromatic carbocycles. The van der Waals surface area contributed by atoms with Crippen LogP contribution in [0.1, 0.15) is 25.3 Å². The molecule has 0 aliphatic carbocycles. The Bertz CT molecular complexity index is 221. The van der Waals surface area contributed by atoms with E-state index in [-0.39, 0.29) is 6.10 Å². The third kappa shape index (κ3) is 5.37. The second-order valence-corrected chi connectivity index (χ2v) is 4.40. The quantitative estimate of drug-likeness (QED) is 0.679. The molecule has 0 saturated carbocycles. The zero-order valence-corrected chi connectivity index (χ0v) is 9.52. The van der Waals surface area contributed by atoms with Crippen LogP contribution in [0.5, 0.6) is 0 Å². The molecular weight excluding hydrogens is 194 g/mol. The van der Waals surface area contributed by atoms with E-state index in [0.717, 1.165) is 32.4 Å². The Kier molecular flexibility index (Phi) is 5.83. The molecule has 0 saturated heterocycles. The van der Waals surface area contributed by atoms with Crippen molar-refractivity contribution in [2.24, 2.45) is 0 Å². The first kappa shape index (κ1) is 11.7. The van der Waals surface area contributed by atoms with E-state index in [2.05, 4.69) is 22.1 Å². The van der Waals surface area contributed by atoms with Crippen molar-refractivity contribution in [2.75, 3.05) is 13.1 Å². The van der Waals surface area contributed by atoms with Crippen LogP contribution in [-0.2, 0) is 6.42 Å². The molecule has 1 aromatic heterocycles. The highest BCUT2D eigenvalue weighted by molar-refractivity contribution is 7.07. The van der Waals surface area contributed by atoms with Gasteiger partial charge in [-0.2, -0.15) is 11.3 Å². The maximum atomic E-state index is 9.03. The molecular formula is C11H19NOS. The minimum atomic E-state index is -0.159. The Morgan fingerprint density at radius 1 is 1.50 bits per heavy atom. The van der Waals surface area contributed by atoms with Crippen LogP contribution in [0, 0.1) is 0 Å². The Morgan fingerprint density at radius 3 is 3.00 bits per heavy atom. The van der Waals surface area contributed by atoms with E-state index in [1.54, 1.807) is 11.3 Å². The van der Waals surface area contributed by atoms with Crippen molar-refractivity contribution in [2.45, 2.75) is 32.3 Å². The highest BCUT2D eigenvalue weighted by Crippen LogP contribution is 2.05. The molecule has 1 heterocycles. The number of rotatable bonds is 7. The first-order valence-corrected chi connectivity index (χ1v) is 6.13. The third-order valence-corrected chi connectivity index (χ3v) is 2.88. The highest BCUT2D eigenvalue weighted by atomic mass is 32.1. The van der Waals surface area contributed by atoms with Gasteiger partial charge in [-0.3, -0.25) is 0 Å². The third-order valence-electron chi connectivity index (χ3n) is 2.15. The van der Waals surface area contributed by atoms with Crippen LogP contribution in [-0.4, -0.2) is 24.3 Å². The first-order chi connectivity index (χ1) is 6.79. The average molecular weight is 213 g/mol. The van der Waals surface area contributed by atoms with E-state index in [1.165, 1.54) is 5.56 Å². The number of hydrogen-bond acceptors (Lipinski definition) is 3. The van der Waals surface area contributed by atoms with E-state index < -0.39 is 0 Å². The fourth-order valence-corrected chi connectivity index (χ4v) is 2.02. The van der Waals surface area contributed by atoms with Crippen LogP contribution in [0.4, 0.5) is 0 Å². The van der Waals surface area contributed by atoms with E-state index in [9.17, 15) is 0 Å². The van der Waals surface area contributed by atoms with Crippen molar-refractivity contribution in [3.8, 4) is 0 Å². The lowest BCUT2D eigenvalue weighted by Gasteiger charge is -2.05. The van der Waals surface area contributed by atoms with Gasteiger partial charge in [0.15, 0.2) is 0 Å². The summed E-state index contributed by atoms with van der Waals surface area (Å²) in [6.45, 7) is 3.89. The van der Waals surface area contributed by atoms with Gasteiger partial charge < -0.3 is 10.4 Å². The summed E-state index contributed by atoms with van der Waals surface area (Å²) < 4.78 is 0. The molecule has 80 valence electrons. The van der Waals surface area contributed by atoms with Gasteiger partial charge in [-0.25, -0.2) is 0 Å². The number of aliphatic hydroxyl groups excluding tert-OH is 1. The van der Waals surface area contributed by atoms with E-state index in [4.69, 9.17) is 5.11 Å². The highest BCUT2D eigenvalue weighted by Gasteiger charge is 1.95. The van der Waals surface area contributed by atoms with Gasteiger partial charge >= 0.3 is 0 Å². The van der Waals surface area contributed by atoms with Gasteiger partial charge in [0.1, 0.15) is 0 Å². The van der Waals surface area contributed by atoms with Gasteiger partial charge in [-0.05, 0) is 61.7 Å². The minimum Gasteiger partial charge on any atom is -0.393 e. The molecule has 1 unspecified atom stereocenters. The van der Waals surface area contributed by atoms with Crippen LogP contribution in [0.25, 0.3) is 0 Å². The van der Waals surface area contributed by atoms with Gasteiger partial charge in [0.2, 0.25) is 0 Å². The maximum Gasteiger partial charge on any atom is 0.0512 e. The molecule has 0 aliphatic rings. The molecule has 0 spiro atoms. The number of nitrogens with one attached hydrogen (secondary N) is 1. The standard InChI is InChI=1S/C11H19NOS/c1-10(13)3-2-6-12-7-4-11-5-8-14-9-11/h5,8-10,12-13H,2-4,6-7H2,1H3. The summed E-state index contributed by atoms with van der Waals surface area (Å²) in [5.74, 6) is 0. The summed E-state index contributed by atoms with van der Waals surface area (Å²) in [6, 6.07) is 2.17. The molecule has 14 heavy (non-hydrogen) atoms. The maximum absolute atomic E-state index is 9.03. The lowest BCUT2D eigenvalue weighted by atomic mass is 10.2. The van der Waals surface area contributed by atoms with Crippen molar-refractivity contribution in [1.82, 2.24) is 5.32 Å². The molecule has 3 heteroatoms. The Hall–Kier alpha value is -0.380. The topological polar surface area (TPSA) is 32.3 Å².